The molecule has 0 aromatic heterocycles. The third kappa shape index (κ3) is 4.78. The smallest absolute Gasteiger partial charge is 0.257 e. The molecule has 0 bridgehead atoms. The molecule has 1 heterocycles. The molecule has 0 spiro atoms. The van der Waals surface area contributed by atoms with E-state index in [4.69, 9.17) is 0 Å². The largest absolute Gasteiger partial charge is 0.299 e. The molecule has 0 N–H and O–H groups in total. The Hall–Kier alpha value is -1.17. The lowest BCUT2D eigenvalue weighted by Crippen LogP contribution is -2.30. The Labute approximate surface area is 115 Å². The molecule has 0 fully saturated rings. The summed E-state index contributed by atoms with van der Waals surface area (Å²) in [5.41, 5.74) is 2.70. The predicted molar refractivity (Wildman–Crippen MR) is 76.4 cm³/mol. The fourth-order valence-electron chi connectivity index (χ4n) is 2.26. The molecule has 1 aliphatic heterocycles. The van der Waals surface area contributed by atoms with Crippen LogP contribution in [0.3, 0.4) is 0 Å². The van der Waals surface area contributed by atoms with Crippen LogP contribution >= 0.6 is 0 Å². The molecule has 19 heavy (non-hydrogen) atoms. The summed E-state index contributed by atoms with van der Waals surface area (Å²) in [4.78, 5) is 2.31. The van der Waals surface area contributed by atoms with Gasteiger partial charge >= 0.3 is 0 Å². The van der Waals surface area contributed by atoms with Crippen molar-refractivity contribution in [2.24, 2.45) is 0 Å². The summed E-state index contributed by atoms with van der Waals surface area (Å²) in [6.07, 6.45) is 4.05. The summed E-state index contributed by atoms with van der Waals surface area (Å²) in [7, 11) is -2.70. The Morgan fingerprint density at radius 1 is 1.21 bits per heavy atom. The van der Waals surface area contributed by atoms with Crippen LogP contribution < -0.4 is 0 Å². The molecule has 0 radical (unpaired) electrons. The SMILES string of the molecule is O=[SH](=O)OCCCN1CC=C(c2ccccc2)CC1. The van der Waals surface area contributed by atoms with Crippen LogP contribution in [-0.4, -0.2) is 39.6 Å². The zero-order valence-electron chi connectivity index (χ0n) is 10.8. The maximum Gasteiger partial charge on any atom is 0.257 e. The van der Waals surface area contributed by atoms with Crippen molar-refractivity contribution in [2.45, 2.75) is 12.8 Å². The van der Waals surface area contributed by atoms with Crippen LogP contribution in [0.4, 0.5) is 0 Å². The molecule has 104 valence electrons. The number of thiol groups is 1. The van der Waals surface area contributed by atoms with Crippen molar-refractivity contribution in [2.75, 3.05) is 26.2 Å². The number of benzene rings is 1. The molecule has 0 amide bonds. The molecule has 0 saturated carbocycles. The first-order chi connectivity index (χ1) is 9.25. The molecule has 4 nitrogen and oxygen atoms in total. The van der Waals surface area contributed by atoms with E-state index in [1.54, 1.807) is 0 Å². The van der Waals surface area contributed by atoms with E-state index < -0.39 is 11.0 Å². The lowest BCUT2D eigenvalue weighted by molar-refractivity contribution is 0.256. The molecule has 2 rings (SSSR count). The third-order valence-electron chi connectivity index (χ3n) is 3.25. The normalized spacial score (nSPS) is 16.6. The Bertz CT molecular complexity index is 489. The lowest BCUT2D eigenvalue weighted by atomic mass is 9.99. The van der Waals surface area contributed by atoms with Gasteiger partial charge in [0.05, 0.1) is 6.61 Å². The number of nitrogens with zero attached hydrogens (tertiary/aromatic N) is 1. The molecule has 1 aliphatic rings. The first-order valence-electron chi connectivity index (χ1n) is 6.50. The van der Waals surface area contributed by atoms with Gasteiger partial charge in [-0.25, -0.2) is 8.42 Å². The van der Waals surface area contributed by atoms with Gasteiger partial charge < -0.3 is 0 Å². The maximum absolute atomic E-state index is 10.2. The van der Waals surface area contributed by atoms with Gasteiger partial charge in [-0.05, 0) is 24.0 Å². The van der Waals surface area contributed by atoms with Gasteiger partial charge in [0.25, 0.3) is 11.0 Å². The van der Waals surface area contributed by atoms with Crippen molar-refractivity contribution in [1.82, 2.24) is 4.90 Å². The van der Waals surface area contributed by atoms with Gasteiger partial charge in [-0.1, -0.05) is 36.4 Å². The lowest BCUT2D eigenvalue weighted by Gasteiger charge is -2.26. The quantitative estimate of drug-likeness (QED) is 0.637. The second-order valence-corrected chi connectivity index (χ2v) is 5.26. The molecule has 0 atom stereocenters. The zero-order chi connectivity index (χ0) is 13.5. The average Bonchev–Trinajstić information content (AvgIpc) is 2.45. The second-order valence-electron chi connectivity index (χ2n) is 4.56. The van der Waals surface area contributed by atoms with Crippen LogP contribution in [-0.2, 0) is 15.2 Å². The van der Waals surface area contributed by atoms with E-state index in [0.717, 1.165) is 32.5 Å². The van der Waals surface area contributed by atoms with E-state index >= 15 is 0 Å². The monoisotopic (exact) mass is 281 g/mol. The average molecular weight is 281 g/mol. The molecule has 1 aromatic rings. The summed E-state index contributed by atoms with van der Waals surface area (Å²) in [5, 5.41) is 0. The van der Waals surface area contributed by atoms with Crippen molar-refractivity contribution >= 4 is 16.6 Å². The van der Waals surface area contributed by atoms with E-state index in [2.05, 4.69) is 39.4 Å². The molecule has 0 aliphatic carbocycles. The standard InChI is InChI=1S/C14H19NO3S/c16-19(17)18-12-4-9-15-10-7-14(8-11-15)13-5-2-1-3-6-13/h1-3,5-7,19H,4,8-12H2. The molecule has 5 heteroatoms. The van der Waals surface area contributed by atoms with Crippen molar-refractivity contribution in [1.29, 1.82) is 0 Å². The van der Waals surface area contributed by atoms with E-state index in [9.17, 15) is 8.42 Å². The molecule has 0 saturated heterocycles. The Balaban J connectivity index is 1.77. The summed E-state index contributed by atoms with van der Waals surface area (Å²) < 4.78 is 25.0. The van der Waals surface area contributed by atoms with Gasteiger partial charge in [0.15, 0.2) is 0 Å². The number of hydrogen-bond donors (Lipinski definition) is 1. The number of hydrogen-bond acceptors (Lipinski definition) is 4. The van der Waals surface area contributed by atoms with Crippen LogP contribution in [0.25, 0.3) is 5.57 Å². The molecular formula is C14H19NO3S. The van der Waals surface area contributed by atoms with Crippen molar-refractivity contribution in [3.05, 3.63) is 42.0 Å². The predicted octanol–water partition coefficient (Wildman–Crippen LogP) is 1.71. The minimum absolute atomic E-state index is 0.282. The molecule has 1 aromatic carbocycles. The Morgan fingerprint density at radius 2 is 2.00 bits per heavy atom. The first-order valence-corrected chi connectivity index (χ1v) is 7.59. The summed E-state index contributed by atoms with van der Waals surface area (Å²) in [6, 6.07) is 10.4. The van der Waals surface area contributed by atoms with Gasteiger partial charge in [-0.3, -0.25) is 9.08 Å². The van der Waals surface area contributed by atoms with Crippen molar-refractivity contribution in [3.8, 4) is 0 Å². The van der Waals surface area contributed by atoms with E-state index in [1.165, 1.54) is 11.1 Å². The number of rotatable bonds is 6. The zero-order valence-corrected chi connectivity index (χ0v) is 11.7. The van der Waals surface area contributed by atoms with Crippen LogP contribution in [0.2, 0.25) is 0 Å². The van der Waals surface area contributed by atoms with Crippen LogP contribution in [0.5, 0.6) is 0 Å². The summed E-state index contributed by atoms with van der Waals surface area (Å²) >= 11 is 0. The molecular weight excluding hydrogens is 262 g/mol. The highest BCUT2D eigenvalue weighted by Crippen LogP contribution is 2.21. The third-order valence-corrected chi connectivity index (χ3v) is 3.65. The highest BCUT2D eigenvalue weighted by molar-refractivity contribution is 7.67. The van der Waals surface area contributed by atoms with Gasteiger partial charge in [0.1, 0.15) is 0 Å². The van der Waals surface area contributed by atoms with E-state index in [1.807, 2.05) is 6.07 Å². The highest BCUT2D eigenvalue weighted by atomic mass is 32.2. The van der Waals surface area contributed by atoms with Gasteiger partial charge in [-0.2, -0.15) is 0 Å². The first kappa shape index (κ1) is 14.2. The fourth-order valence-corrected chi connectivity index (χ4v) is 2.53. The van der Waals surface area contributed by atoms with Crippen LogP contribution in [0.15, 0.2) is 36.4 Å². The topological polar surface area (TPSA) is 46.6 Å². The summed E-state index contributed by atoms with van der Waals surface area (Å²) in [6.45, 7) is 3.10. The highest BCUT2D eigenvalue weighted by Gasteiger charge is 2.12. The maximum atomic E-state index is 10.2. The van der Waals surface area contributed by atoms with Gasteiger partial charge in [0, 0.05) is 19.6 Å². The van der Waals surface area contributed by atoms with E-state index in [0.29, 0.717) is 0 Å². The van der Waals surface area contributed by atoms with Crippen molar-refractivity contribution < 1.29 is 12.6 Å². The Morgan fingerprint density at radius 3 is 2.63 bits per heavy atom. The van der Waals surface area contributed by atoms with Gasteiger partial charge in [-0.15, -0.1) is 0 Å². The minimum atomic E-state index is -2.70. The van der Waals surface area contributed by atoms with Crippen molar-refractivity contribution in [3.63, 3.8) is 0 Å². The fraction of sp³-hybridized carbons (Fsp3) is 0.429. The van der Waals surface area contributed by atoms with Crippen LogP contribution in [0.1, 0.15) is 18.4 Å². The summed E-state index contributed by atoms with van der Waals surface area (Å²) in [5.74, 6) is 0. The minimum Gasteiger partial charge on any atom is -0.299 e. The Kier molecular flexibility index (Phi) is 5.57. The van der Waals surface area contributed by atoms with E-state index in [-0.39, 0.29) is 6.61 Å². The molecule has 0 unspecified atom stereocenters. The van der Waals surface area contributed by atoms with Crippen LogP contribution in [0, 0.1) is 0 Å². The second kappa shape index (κ2) is 7.43. The van der Waals surface area contributed by atoms with Gasteiger partial charge in [0.2, 0.25) is 0 Å².